The number of fused-ring (bicyclic) bond motifs is 3. The van der Waals surface area contributed by atoms with Crippen molar-refractivity contribution in [1.29, 1.82) is 0 Å². The van der Waals surface area contributed by atoms with E-state index in [2.05, 4.69) is 24.8 Å². The van der Waals surface area contributed by atoms with Gasteiger partial charge in [-0.05, 0) is 37.1 Å². The van der Waals surface area contributed by atoms with Gasteiger partial charge in [0, 0.05) is 44.3 Å². The molecule has 0 aromatic carbocycles. The largest absolute Gasteiger partial charge is 0.341 e. The van der Waals surface area contributed by atoms with Crippen molar-refractivity contribution in [3.05, 3.63) is 81.5 Å². The quantitative estimate of drug-likeness (QED) is 0.327. The maximum Gasteiger partial charge on any atom is 0.332 e. The Balaban J connectivity index is 1.28. The maximum absolute atomic E-state index is 13.5. The van der Waals surface area contributed by atoms with Crippen LogP contribution in [0.1, 0.15) is 18.5 Å². The average molecular weight is 537 g/mol. The summed E-state index contributed by atoms with van der Waals surface area (Å²) in [6, 6.07) is 10.6. The number of hydrogen-bond donors (Lipinski definition) is 0. The number of carbonyl (C=O) groups is 1. The first-order chi connectivity index (χ1) is 19.5. The van der Waals surface area contributed by atoms with Crippen molar-refractivity contribution in [3.63, 3.8) is 0 Å². The van der Waals surface area contributed by atoms with E-state index in [1.54, 1.807) is 56.0 Å². The number of amides is 1. The van der Waals surface area contributed by atoms with E-state index in [0.29, 0.717) is 28.7 Å². The van der Waals surface area contributed by atoms with Crippen LogP contribution in [0.25, 0.3) is 22.4 Å². The Bertz CT molecular complexity index is 1890. The number of rotatable bonds is 5. The Hall–Kier alpha value is -5.20. The molecule has 13 heteroatoms. The van der Waals surface area contributed by atoms with Gasteiger partial charge in [0.15, 0.2) is 11.2 Å². The first-order valence-corrected chi connectivity index (χ1v) is 13.0. The van der Waals surface area contributed by atoms with Crippen LogP contribution in [0.3, 0.4) is 0 Å². The van der Waals surface area contributed by atoms with Gasteiger partial charge in [-0.25, -0.2) is 24.6 Å². The first kappa shape index (κ1) is 23.9. The Morgan fingerprint density at radius 1 is 0.900 bits per heavy atom. The van der Waals surface area contributed by atoms with Gasteiger partial charge in [-0.15, -0.1) is 0 Å². The highest BCUT2D eigenvalue weighted by molar-refractivity contribution is 6.03. The molecule has 0 saturated carbocycles. The second kappa shape index (κ2) is 9.22. The fraction of sp³-hybridized carbons (Fsp3) is 0.259. The number of hydrogen-bond acceptors (Lipinski definition) is 9. The van der Waals surface area contributed by atoms with Crippen molar-refractivity contribution < 1.29 is 4.79 Å². The van der Waals surface area contributed by atoms with E-state index in [1.807, 2.05) is 6.07 Å². The van der Waals surface area contributed by atoms with E-state index in [-0.39, 0.29) is 36.1 Å². The van der Waals surface area contributed by atoms with Crippen LogP contribution in [0.4, 0.5) is 17.7 Å². The molecule has 0 bridgehead atoms. The monoisotopic (exact) mass is 536 g/mol. The molecule has 13 nitrogen and oxygen atoms in total. The van der Waals surface area contributed by atoms with E-state index in [9.17, 15) is 14.4 Å². The van der Waals surface area contributed by atoms with Crippen molar-refractivity contribution >= 4 is 34.8 Å². The fourth-order valence-electron chi connectivity index (χ4n) is 5.26. The van der Waals surface area contributed by atoms with Crippen LogP contribution in [0, 0.1) is 0 Å². The minimum absolute atomic E-state index is 0.00266. The van der Waals surface area contributed by atoms with Crippen LogP contribution in [0.2, 0.25) is 0 Å². The van der Waals surface area contributed by atoms with Gasteiger partial charge in [-0.2, -0.15) is 4.98 Å². The number of carbonyl (C=O) groups excluding carboxylic acids is 1. The Labute approximate surface area is 227 Å². The van der Waals surface area contributed by atoms with Crippen LogP contribution in [0.5, 0.6) is 0 Å². The normalized spacial score (nSPS) is 14.9. The molecule has 1 amide bonds. The third-order valence-electron chi connectivity index (χ3n) is 7.29. The number of aryl methyl sites for hydroxylation is 1. The van der Waals surface area contributed by atoms with Gasteiger partial charge < -0.3 is 4.90 Å². The summed E-state index contributed by atoms with van der Waals surface area (Å²) >= 11 is 0. The van der Waals surface area contributed by atoms with Crippen molar-refractivity contribution in [3.8, 4) is 11.3 Å². The van der Waals surface area contributed by atoms with Crippen molar-refractivity contribution in [1.82, 2.24) is 38.6 Å². The third-order valence-corrected chi connectivity index (χ3v) is 7.29. The van der Waals surface area contributed by atoms with Crippen molar-refractivity contribution in [2.24, 2.45) is 7.05 Å². The smallest absolute Gasteiger partial charge is 0.332 e. The zero-order chi connectivity index (χ0) is 27.4. The van der Waals surface area contributed by atoms with Crippen molar-refractivity contribution in [2.75, 3.05) is 22.9 Å². The minimum Gasteiger partial charge on any atom is -0.341 e. The molecule has 0 atom stereocenters. The van der Waals surface area contributed by atoms with Gasteiger partial charge in [0.2, 0.25) is 11.9 Å². The lowest BCUT2D eigenvalue weighted by Gasteiger charge is -2.15. The predicted octanol–water partition coefficient (Wildman–Crippen LogP) is 1.47. The first-order valence-electron chi connectivity index (χ1n) is 13.0. The van der Waals surface area contributed by atoms with Gasteiger partial charge >= 0.3 is 5.69 Å². The van der Waals surface area contributed by atoms with E-state index in [1.165, 1.54) is 14.0 Å². The Morgan fingerprint density at radius 3 is 2.45 bits per heavy atom. The molecule has 40 heavy (non-hydrogen) atoms. The van der Waals surface area contributed by atoms with Crippen LogP contribution >= 0.6 is 0 Å². The maximum atomic E-state index is 13.5. The molecule has 1 saturated heterocycles. The van der Waals surface area contributed by atoms with Crippen LogP contribution < -0.4 is 21.0 Å². The number of aromatic nitrogens is 8. The predicted molar refractivity (Wildman–Crippen MR) is 146 cm³/mol. The zero-order valence-corrected chi connectivity index (χ0v) is 21.6. The van der Waals surface area contributed by atoms with E-state index in [0.717, 1.165) is 30.5 Å². The Morgan fingerprint density at radius 2 is 1.70 bits per heavy atom. The molecular weight excluding hydrogens is 512 g/mol. The van der Waals surface area contributed by atoms with Crippen LogP contribution in [-0.2, 0) is 24.9 Å². The average Bonchev–Trinajstić information content (AvgIpc) is 3.71. The lowest BCUT2D eigenvalue weighted by molar-refractivity contribution is -0.117. The number of pyridine rings is 2. The molecule has 0 spiro atoms. The lowest BCUT2D eigenvalue weighted by Crippen LogP contribution is -2.40. The molecule has 0 N–H and O–H groups in total. The second-order valence-corrected chi connectivity index (χ2v) is 9.80. The van der Waals surface area contributed by atoms with Gasteiger partial charge in [-0.1, -0.05) is 12.1 Å². The molecule has 2 aliphatic rings. The molecule has 0 radical (unpaired) electrons. The summed E-state index contributed by atoms with van der Waals surface area (Å²) in [5.41, 5.74) is 1.19. The standard InChI is InChI=1S/C27H24N10O3/c1-33-23-22(24(39)36(27(33)40)15-18-7-2-3-10-28-18)35-16-21(38)37(26(35)32-23)20-9-6-8-19(31-20)17-13-29-25(30-14-17)34-11-4-5-12-34/h2-3,6-10,13-14H,4-5,11-12,15-16H2,1H3. The SMILES string of the molecule is Cn1c(=O)n(Cc2ccccn2)c(=O)c2c1nc1n2CC(=O)N1c1cccc(-c2cnc(N3CCCC3)nc2)n1. The molecule has 2 aliphatic heterocycles. The van der Waals surface area contributed by atoms with Gasteiger partial charge in [-0.3, -0.25) is 28.3 Å². The molecule has 7 rings (SSSR count). The van der Waals surface area contributed by atoms with E-state index >= 15 is 0 Å². The summed E-state index contributed by atoms with van der Waals surface area (Å²) < 4.78 is 3.96. The molecule has 1 fully saturated rings. The lowest BCUT2D eigenvalue weighted by atomic mass is 10.2. The Kier molecular flexibility index (Phi) is 5.51. The molecule has 7 heterocycles. The zero-order valence-electron chi connectivity index (χ0n) is 21.6. The highest BCUT2D eigenvalue weighted by Gasteiger charge is 2.35. The molecular formula is C27H24N10O3. The molecule has 0 aliphatic carbocycles. The molecule has 0 unspecified atom stereocenters. The summed E-state index contributed by atoms with van der Waals surface area (Å²) in [7, 11) is 1.55. The summed E-state index contributed by atoms with van der Waals surface area (Å²) in [5.74, 6) is 0.978. The van der Waals surface area contributed by atoms with Gasteiger partial charge in [0.1, 0.15) is 12.4 Å². The summed E-state index contributed by atoms with van der Waals surface area (Å²) in [6.45, 7) is 1.79. The summed E-state index contributed by atoms with van der Waals surface area (Å²) in [4.78, 5) is 65.9. The third kappa shape index (κ3) is 3.77. The number of anilines is 3. The van der Waals surface area contributed by atoms with E-state index in [4.69, 9.17) is 4.98 Å². The highest BCUT2D eigenvalue weighted by Crippen LogP contribution is 2.32. The van der Waals surface area contributed by atoms with Gasteiger partial charge in [0.25, 0.3) is 11.5 Å². The number of imidazole rings is 1. The molecule has 5 aromatic heterocycles. The molecule has 200 valence electrons. The van der Waals surface area contributed by atoms with Crippen LogP contribution in [0.15, 0.2) is 64.6 Å². The molecule has 5 aromatic rings. The topological polar surface area (TPSA) is 137 Å². The van der Waals surface area contributed by atoms with Gasteiger partial charge in [0.05, 0.1) is 17.9 Å². The minimum atomic E-state index is -0.533. The van der Waals surface area contributed by atoms with E-state index < -0.39 is 11.2 Å². The van der Waals surface area contributed by atoms with Crippen LogP contribution in [-0.4, -0.2) is 57.6 Å². The summed E-state index contributed by atoms with van der Waals surface area (Å²) in [6.07, 6.45) is 7.33. The second-order valence-electron chi connectivity index (χ2n) is 9.80. The van der Waals surface area contributed by atoms with Crippen molar-refractivity contribution in [2.45, 2.75) is 25.9 Å². The highest BCUT2D eigenvalue weighted by atomic mass is 16.2. The number of nitrogens with zero attached hydrogens (tertiary/aromatic N) is 10. The summed E-state index contributed by atoms with van der Waals surface area (Å²) in [5, 5.41) is 0. The fourth-order valence-corrected chi connectivity index (χ4v) is 5.26.